The van der Waals surface area contributed by atoms with Crippen LogP contribution in [-0.4, -0.2) is 70.1 Å². The van der Waals surface area contributed by atoms with E-state index in [1.165, 1.54) is 58.6 Å². The minimum Gasteiger partial charge on any atom is -0.493 e. The molecule has 0 saturated carbocycles. The molecule has 0 bridgehead atoms. The Morgan fingerprint density at radius 3 is 2.16 bits per heavy atom. The Bertz CT molecular complexity index is 1640. The van der Waals surface area contributed by atoms with E-state index < -0.39 is 29.7 Å². The number of methoxy groups -OCH3 is 4. The third-order valence-electron chi connectivity index (χ3n) is 6.97. The van der Waals surface area contributed by atoms with E-state index in [0.29, 0.717) is 10.2 Å². The molecule has 0 unspecified atom stereocenters. The molecule has 232 valence electrons. The molecule has 0 fully saturated rings. The third-order valence-corrected chi connectivity index (χ3v) is 7.76. The predicted octanol–water partition coefficient (Wildman–Crippen LogP) is 5.09. The first kappa shape index (κ1) is 32.1. The van der Waals surface area contributed by atoms with Crippen LogP contribution in [0.3, 0.4) is 0 Å². The van der Waals surface area contributed by atoms with E-state index in [-0.39, 0.29) is 51.9 Å². The zero-order valence-corrected chi connectivity index (χ0v) is 26.8. The van der Waals surface area contributed by atoms with Crippen molar-refractivity contribution in [1.29, 1.82) is 0 Å². The first-order chi connectivity index (χ1) is 20.9. The minimum absolute atomic E-state index is 0.0968. The van der Waals surface area contributed by atoms with Gasteiger partial charge in [-0.15, -0.1) is 0 Å². The molecule has 0 aromatic heterocycles. The Morgan fingerprint density at radius 1 is 0.909 bits per heavy atom. The second kappa shape index (κ2) is 13.2. The number of likely N-dealkylation sites (N-methyl/N-ethyl adjacent to an activating group) is 1. The van der Waals surface area contributed by atoms with Crippen molar-refractivity contribution in [3.8, 4) is 28.7 Å². The van der Waals surface area contributed by atoms with E-state index in [0.717, 1.165) is 11.1 Å². The average Bonchev–Trinajstić information content (AvgIpc) is 3.06. The molecule has 0 aliphatic carbocycles. The van der Waals surface area contributed by atoms with Crippen molar-refractivity contribution < 1.29 is 42.9 Å². The highest BCUT2D eigenvalue weighted by Gasteiger charge is 2.36. The van der Waals surface area contributed by atoms with Gasteiger partial charge < -0.3 is 39.2 Å². The number of carbonyl (C=O) groups is 4. The van der Waals surface area contributed by atoms with Gasteiger partial charge in [0.25, 0.3) is 11.8 Å². The zero-order chi connectivity index (χ0) is 32.3. The minimum atomic E-state index is -1.13. The number of esters is 1. The molecule has 3 aromatic rings. The highest BCUT2D eigenvalue weighted by Crippen LogP contribution is 2.45. The van der Waals surface area contributed by atoms with Crippen LogP contribution in [0.5, 0.6) is 28.7 Å². The summed E-state index contributed by atoms with van der Waals surface area (Å²) in [6.45, 7) is 3.83. The fraction of sp³-hybridized carbons (Fsp3) is 0.290. The Balaban J connectivity index is 1.84. The molecule has 13 heteroatoms. The fourth-order valence-corrected chi connectivity index (χ4v) is 5.47. The summed E-state index contributed by atoms with van der Waals surface area (Å²) in [5.41, 5.74) is 2.39. The van der Waals surface area contributed by atoms with Gasteiger partial charge in [0.1, 0.15) is 11.8 Å². The second-order valence-corrected chi connectivity index (χ2v) is 10.8. The summed E-state index contributed by atoms with van der Waals surface area (Å²) >= 11 is 3.43. The van der Waals surface area contributed by atoms with Crippen molar-refractivity contribution in [3.05, 3.63) is 63.1 Å². The Labute approximate surface area is 262 Å². The Kier molecular flexibility index (Phi) is 9.68. The highest BCUT2D eigenvalue weighted by atomic mass is 79.9. The van der Waals surface area contributed by atoms with Crippen LogP contribution in [0.25, 0.3) is 0 Å². The molecule has 0 saturated heterocycles. The van der Waals surface area contributed by atoms with E-state index in [2.05, 4.69) is 26.6 Å². The molecule has 0 spiro atoms. The standard InChI is InChI=1S/C31H32BrN3O9/c1-15-8-16(2)10-17(9-15)44-23-11-18-20(33-30(38)22(14-25(36)41-5)35(3)31(18)39)13-21(23)34-29(37)19-12-24(40-4)27(42-6)28(43-7)26(19)32/h8-13,22H,14H2,1-7H3,(H,33,38)(H,34,37)/t22-/m0/s1. The Morgan fingerprint density at radius 2 is 1.57 bits per heavy atom. The Hall–Kier alpha value is -4.78. The number of aryl methyl sites for hydroxylation is 2. The zero-order valence-electron chi connectivity index (χ0n) is 25.2. The molecule has 1 atom stereocenters. The molecular formula is C31H32BrN3O9. The average molecular weight is 671 g/mol. The van der Waals surface area contributed by atoms with Gasteiger partial charge in [0.15, 0.2) is 17.2 Å². The normalized spacial score (nSPS) is 14.2. The van der Waals surface area contributed by atoms with Gasteiger partial charge in [-0.25, -0.2) is 0 Å². The summed E-state index contributed by atoms with van der Waals surface area (Å²) in [7, 11) is 6.93. The molecule has 3 aromatic carbocycles. The highest BCUT2D eigenvalue weighted by molar-refractivity contribution is 9.10. The number of ether oxygens (including phenoxy) is 5. The summed E-state index contributed by atoms with van der Waals surface area (Å²) in [5, 5.41) is 5.53. The number of nitrogens with zero attached hydrogens (tertiary/aromatic N) is 1. The lowest BCUT2D eigenvalue weighted by atomic mass is 10.1. The monoisotopic (exact) mass is 669 g/mol. The first-order valence-electron chi connectivity index (χ1n) is 13.3. The molecule has 2 N–H and O–H groups in total. The lowest BCUT2D eigenvalue weighted by Gasteiger charge is -2.23. The molecule has 1 aliphatic rings. The SMILES string of the molecule is COC(=O)C[C@H]1C(=O)Nc2cc(NC(=O)c3cc(OC)c(OC)c(OC)c3Br)c(Oc3cc(C)cc(C)c3)cc2C(=O)N1C. The maximum Gasteiger partial charge on any atom is 0.308 e. The summed E-state index contributed by atoms with van der Waals surface area (Å²) in [6.07, 6.45) is -0.344. The van der Waals surface area contributed by atoms with Crippen molar-refractivity contribution in [1.82, 2.24) is 4.90 Å². The first-order valence-corrected chi connectivity index (χ1v) is 14.1. The van der Waals surface area contributed by atoms with Crippen LogP contribution in [-0.2, 0) is 14.3 Å². The number of amides is 3. The maximum absolute atomic E-state index is 13.7. The summed E-state index contributed by atoms with van der Waals surface area (Å²) in [5.74, 6) is -1.00. The predicted molar refractivity (Wildman–Crippen MR) is 165 cm³/mol. The molecule has 1 heterocycles. The van der Waals surface area contributed by atoms with E-state index in [1.807, 2.05) is 32.0 Å². The van der Waals surface area contributed by atoms with Crippen LogP contribution in [0.1, 0.15) is 38.3 Å². The van der Waals surface area contributed by atoms with Crippen LogP contribution in [0.15, 0.2) is 40.9 Å². The summed E-state index contributed by atoms with van der Waals surface area (Å²) in [4.78, 5) is 53.7. The maximum atomic E-state index is 13.7. The van der Waals surface area contributed by atoms with Crippen molar-refractivity contribution in [2.24, 2.45) is 0 Å². The van der Waals surface area contributed by atoms with Crippen LogP contribution >= 0.6 is 15.9 Å². The topological polar surface area (TPSA) is 142 Å². The largest absolute Gasteiger partial charge is 0.493 e. The van der Waals surface area contributed by atoms with Crippen LogP contribution < -0.4 is 29.6 Å². The fourth-order valence-electron chi connectivity index (χ4n) is 4.83. The van der Waals surface area contributed by atoms with Gasteiger partial charge in [0, 0.05) is 7.05 Å². The number of rotatable bonds is 9. The van der Waals surface area contributed by atoms with E-state index in [1.54, 1.807) is 0 Å². The van der Waals surface area contributed by atoms with Crippen molar-refractivity contribution in [2.45, 2.75) is 26.3 Å². The number of nitrogens with one attached hydrogen (secondary N) is 2. The lowest BCUT2D eigenvalue weighted by molar-refractivity contribution is -0.143. The lowest BCUT2D eigenvalue weighted by Crippen LogP contribution is -2.44. The van der Waals surface area contributed by atoms with Gasteiger partial charge in [-0.2, -0.15) is 0 Å². The molecule has 3 amide bonds. The van der Waals surface area contributed by atoms with Gasteiger partial charge in [-0.05, 0) is 71.2 Å². The number of hydrogen-bond acceptors (Lipinski definition) is 9. The van der Waals surface area contributed by atoms with Gasteiger partial charge in [-0.3, -0.25) is 19.2 Å². The molecule has 44 heavy (non-hydrogen) atoms. The number of fused-ring (bicyclic) bond motifs is 1. The van der Waals surface area contributed by atoms with Crippen molar-refractivity contribution >= 4 is 51.0 Å². The van der Waals surface area contributed by atoms with E-state index in [9.17, 15) is 19.2 Å². The van der Waals surface area contributed by atoms with Gasteiger partial charge in [-0.1, -0.05) is 6.07 Å². The number of hydrogen-bond donors (Lipinski definition) is 2. The van der Waals surface area contributed by atoms with Crippen LogP contribution in [0.4, 0.5) is 11.4 Å². The second-order valence-electron chi connectivity index (χ2n) is 9.98. The molecular weight excluding hydrogens is 638 g/mol. The molecule has 12 nitrogen and oxygen atoms in total. The quantitative estimate of drug-likeness (QED) is 0.298. The van der Waals surface area contributed by atoms with E-state index >= 15 is 0 Å². The van der Waals surface area contributed by atoms with Gasteiger partial charge in [0.05, 0.1) is 61.8 Å². The van der Waals surface area contributed by atoms with Crippen molar-refractivity contribution in [2.75, 3.05) is 46.1 Å². The van der Waals surface area contributed by atoms with Crippen LogP contribution in [0.2, 0.25) is 0 Å². The summed E-state index contributed by atoms with van der Waals surface area (Å²) < 4.78 is 27.5. The number of benzene rings is 3. The van der Waals surface area contributed by atoms with Gasteiger partial charge >= 0.3 is 5.97 Å². The van der Waals surface area contributed by atoms with Crippen LogP contribution in [0, 0.1) is 13.8 Å². The number of carbonyl (C=O) groups excluding carboxylic acids is 4. The third kappa shape index (κ3) is 6.42. The number of anilines is 2. The smallest absolute Gasteiger partial charge is 0.308 e. The number of halogens is 1. The molecule has 1 aliphatic heterocycles. The van der Waals surface area contributed by atoms with Crippen molar-refractivity contribution in [3.63, 3.8) is 0 Å². The molecule has 0 radical (unpaired) electrons. The summed E-state index contributed by atoms with van der Waals surface area (Å²) in [6, 6.07) is 8.81. The van der Waals surface area contributed by atoms with Gasteiger partial charge in [0.2, 0.25) is 11.7 Å². The van der Waals surface area contributed by atoms with E-state index in [4.69, 9.17) is 23.7 Å². The molecule has 4 rings (SSSR count).